The van der Waals surface area contributed by atoms with Gasteiger partial charge in [-0.2, -0.15) is 0 Å². The molecule has 2 heteroatoms. The van der Waals surface area contributed by atoms with E-state index in [-0.39, 0.29) is 6.04 Å². The third-order valence-corrected chi connectivity index (χ3v) is 4.74. The van der Waals surface area contributed by atoms with E-state index in [2.05, 4.69) is 59.7 Å². The second-order valence-electron chi connectivity index (χ2n) is 6.17. The number of benzene rings is 1. The second-order valence-corrected chi connectivity index (χ2v) is 6.17. The van der Waals surface area contributed by atoms with Crippen LogP contribution in [0, 0.1) is 11.8 Å². The lowest BCUT2D eigenvalue weighted by Crippen LogP contribution is -2.29. The molecule has 3 atom stereocenters. The molecule has 0 amide bonds. The van der Waals surface area contributed by atoms with Gasteiger partial charge in [0.25, 0.3) is 0 Å². The standard InChI is InChI=1S/C19H24N2/c1-15-8-7-11-17(15)14-21-19(16-9-3-2-4-10-16)18-12-5-6-13-20-18/h2-6,9-10,12-13,15,17,19,21H,7-8,11,14H2,1H3. The molecule has 0 radical (unpaired) electrons. The van der Waals surface area contributed by atoms with Crippen LogP contribution < -0.4 is 5.32 Å². The summed E-state index contributed by atoms with van der Waals surface area (Å²) in [6.07, 6.45) is 6.00. The van der Waals surface area contributed by atoms with Gasteiger partial charge in [-0.05, 0) is 42.5 Å². The summed E-state index contributed by atoms with van der Waals surface area (Å²) in [6, 6.07) is 17.0. The quantitative estimate of drug-likeness (QED) is 0.888. The van der Waals surface area contributed by atoms with Crippen molar-refractivity contribution in [3.8, 4) is 0 Å². The lowest BCUT2D eigenvalue weighted by Gasteiger charge is -2.23. The normalized spacial score (nSPS) is 23.1. The summed E-state index contributed by atoms with van der Waals surface area (Å²) in [5, 5.41) is 3.76. The Morgan fingerprint density at radius 1 is 1.10 bits per heavy atom. The average Bonchev–Trinajstić information content (AvgIpc) is 2.95. The molecule has 0 aliphatic heterocycles. The van der Waals surface area contributed by atoms with Crippen molar-refractivity contribution >= 4 is 0 Å². The van der Waals surface area contributed by atoms with Crippen LogP contribution in [0.5, 0.6) is 0 Å². The average molecular weight is 280 g/mol. The number of nitrogens with one attached hydrogen (secondary N) is 1. The minimum Gasteiger partial charge on any atom is -0.305 e. The van der Waals surface area contributed by atoms with Gasteiger partial charge in [-0.3, -0.25) is 4.98 Å². The maximum Gasteiger partial charge on any atom is 0.0751 e. The summed E-state index contributed by atoms with van der Waals surface area (Å²) < 4.78 is 0. The van der Waals surface area contributed by atoms with E-state index in [0.29, 0.717) is 0 Å². The van der Waals surface area contributed by atoms with Crippen molar-refractivity contribution in [3.63, 3.8) is 0 Å². The molecule has 1 aromatic heterocycles. The minimum atomic E-state index is 0.195. The molecule has 3 rings (SSSR count). The second kappa shape index (κ2) is 6.86. The molecule has 1 fully saturated rings. The largest absolute Gasteiger partial charge is 0.305 e. The highest BCUT2D eigenvalue weighted by molar-refractivity contribution is 5.27. The van der Waals surface area contributed by atoms with Gasteiger partial charge in [0.2, 0.25) is 0 Å². The molecule has 1 heterocycles. The monoisotopic (exact) mass is 280 g/mol. The Morgan fingerprint density at radius 2 is 1.90 bits per heavy atom. The molecular formula is C19H24N2. The number of hydrogen-bond acceptors (Lipinski definition) is 2. The zero-order chi connectivity index (χ0) is 14.5. The smallest absolute Gasteiger partial charge is 0.0751 e. The Hall–Kier alpha value is -1.67. The highest BCUT2D eigenvalue weighted by Gasteiger charge is 2.24. The van der Waals surface area contributed by atoms with Crippen LogP contribution in [0.1, 0.15) is 43.5 Å². The van der Waals surface area contributed by atoms with Crippen molar-refractivity contribution in [2.24, 2.45) is 11.8 Å². The molecule has 1 aliphatic rings. The van der Waals surface area contributed by atoms with Crippen molar-refractivity contribution in [2.45, 2.75) is 32.2 Å². The Morgan fingerprint density at radius 3 is 2.57 bits per heavy atom. The van der Waals surface area contributed by atoms with Crippen molar-refractivity contribution in [2.75, 3.05) is 6.54 Å². The van der Waals surface area contributed by atoms with E-state index in [9.17, 15) is 0 Å². The lowest BCUT2D eigenvalue weighted by atomic mass is 9.96. The van der Waals surface area contributed by atoms with Gasteiger partial charge in [0.1, 0.15) is 0 Å². The van der Waals surface area contributed by atoms with E-state index in [0.717, 1.165) is 24.1 Å². The first-order valence-electron chi connectivity index (χ1n) is 8.04. The third-order valence-electron chi connectivity index (χ3n) is 4.74. The summed E-state index contributed by atoms with van der Waals surface area (Å²) in [5.41, 5.74) is 2.40. The summed E-state index contributed by atoms with van der Waals surface area (Å²) in [4.78, 5) is 4.56. The van der Waals surface area contributed by atoms with Gasteiger partial charge in [-0.25, -0.2) is 0 Å². The zero-order valence-corrected chi connectivity index (χ0v) is 12.7. The molecule has 21 heavy (non-hydrogen) atoms. The van der Waals surface area contributed by atoms with Crippen LogP contribution >= 0.6 is 0 Å². The third kappa shape index (κ3) is 3.51. The highest BCUT2D eigenvalue weighted by atomic mass is 14.9. The molecule has 1 N–H and O–H groups in total. The molecule has 1 saturated carbocycles. The predicted molar refractivity (Wildman–Crippen MR) is 87.0 cm³/mol. The zero-order valence-electron chi connectivity index (χ0n) is 12.7. The molecule has 2 aromatic rings. The van der Waals surface area contributed by atoms with Gasteiger partial charge >= 0.3 is 0 Å². The molecule has 0 bridgehead atoms. The Bertz CT molecular complexity index is 499. The summed E-state index contributed by atoms with van der Waals surface area (Å²) in [7, 11) is 0. The van der Waals surface area contributed by atoms with Crippen LogP contribution in [-0.4, -0.2) is 11.5 Å². The molecule has 2 nitrogen and oxygen atoms in total. The summed E-state index contributed by atoms with van der Waals surface area (Å²) >= 11 is 0. The van der Waals surface area contributed by atoms with Crippen LogP contribution in [0.3, 0.4) is 0 Å². The number of hydrogen-bond donors (Lipinski definition) is 1. The molecule has 0 spiro atoms. The van der Waals surface area contributed by atoms with Crippen LogP contribution in [0.2, 0.25) is 0 Å². The molecule has 3 unspecified atom stereocenters. The predicted octanol–water partition coefficient (Wildman–Crippen LogP) is 4.20. The molecular weight excluding hydrogens is 256 g/mol. The van der Waals surface area contributed by atoms with Crippen molar-refractivity contribution in [3.05, 3.63) is 66.0 Å². The minimum absolute atomic E-state index is 0.195. The first-order valence-corrected chi connectivity index (χ1v) is 8.04. The van der Waals surface area contributed by atoms with E-state index >= 15 is 0 Å². The molecule has 110 valence electrons. The van der Waals surface area contributed by atoms with Crippen molar-refractivity contribution in [1.82, 2.24) is 10.3 Å². The fourth-order valence-corrected chi connectivity index (χ4v) is 3.38. The van der Waals surface area contributed by atoms with Gasteiger partial charge in [0.05, 0.1) is 11.7 Å². The fourth-order valence-electron chi connectivity index (χ4n) is 3.38. The lowest BCUT2D eigenvalue weighted by molar-refractivity contribution is 0.379. The first kappa shape index (κ1) is 14.3. The van der Waals surface area contributed by atoms with Crippen LogP contribution in [-0.2, 0) is 0 Å². The number of aromatic nitrogens is 1. The Balaban J connectivity index is 1.76. The molecule has 0 saturated heterocycles. The van der Waals surface area contributed by atoms with Gasteiger partial charge in [0.15, 0.2) is 0 Å². The number of nitrogens with zero attached hydrogens (tertiary/aromatic N) is 1. The Labute approximate surface area is 127 Å². The van der Waals surface area contributed by atoms with E-state index < -0.39 is 0 Å². The van der Waals surface area contributed by atoms with Crippen LogP contribution in [0.15, 0.2) is 54.7 Å². The fraction of sp³-hybridized carbons (Fsp3) is 0.421. The van der Waals surface area contributed by atoms with Crippen molar-refractivity contribution in [1.29, 1.82) is 0 Å². The van der Waals surface area contributed by atoms with Gasteiger partial charge in [0, 0.05) is 6.20 Å². The van der Waals surface area contributed by atoms with E-state index in [1.54, 1.807) is 0 Å². The van der Waals surface area contributed by atoms with Gasteiger partial charge < -0.3 is 5.32 Å². The SMILES string of the molecule is CC1CCCC1CNC(c1ccccc1)c1ccccn1. The summed E-state index contributed by atoms with van der Waals surface area (Å²) in [6.45, 7) is 3.47. The first-order chi connectivity index (χ1) is 10.3. The molecule has 1 aromatic carbocycles. The number of rotatable bonds is 5. The van der Waals surface area contributed by atoms with E-state index in [1.807, 2.05) is 12.3 Å². The Kier molecular flexibility index (Phi) is 4.66. The van der Waals surface area contributed by atoms with E-state index in [1.165, 1.54) is 24.8 Å². The highest BCUT2D eigenvalue weighted by Crippen LogP contribution is 2.31. The topological polar surface area (TPSA) is 24.9 Å². The van der Waals surface area contributed by atoms with Crippen molar-refractivity contribution < 1.29 is 0 Å². The summed E-state index contributed by atoms with van der Waals surface area (Å²) in [5.74, 6) is 1.65. The number of pyridine rings is 1. The maximum absolute atomic E-state index is 4.56. The van der Waals surface area contributed by atoms with Crippen LogP contribution in [0.4, 0.5) is 0 Å². The van der Waals surface area contributed by atoms with Gasteiger partial charge in [-0.15, -0.1) is 0 Å². The van der Waals surface area contributed by atoms with Gasteiger partial charge in [-0.1, -0.05) is 56.2 Å². The van der Waals surface area contributed by atoms with Crippen LogP contribution in [0.25, 0.3) is 0 Å². The maximum atomic E-state index is 4.56. The van der Waals surface area contributed by atoms with E-state index in [4.69, 9.17) is 0 Å². The molecule has 1 aliphatic carbocycles.